The van der Waals surface area contributed by atoms with Crippen LogP contribution in [0.15, 0.2) is 0 Å². The maximum absolute atomic E-state index is 11.1. The molecule has 2 bridgehead atoms. The molecule has 10 atom stereocenters. The van der Waals surface area contributed by atoms with Crippen LogP contribution in [0.5, 0.6) is 0 Å². The van der Waals surface area contributed by atoms with Crippen LogP contribution in [0.4, 0.5) is 0 Å². The minimum atomic E-state index is -1.49. The highest BCUT2D eigenvalue weighted by atomic mass is 16.8. The SMILES string of the molecule is CCOCC1OC2OC3C(OCCCCCCCCCCCCCCCCCCOC1C(O)C2O)OC(CO)C(O)C3O. The van der Waals surface area contributed by atoms with Gasteiger partial charge in [-0.2, -0.15) is 0 Å². The average Bonchev–Trinajstić information content (AvgIpc) is 3.01. The van der Waals surface area contributed by atoms with Crippen LogP contribution in [0.3, 0.4) is 0 Å². The van der Waals surface area contributed by atoms with E-state index in [1.54, 1.807) is 0 Å². The van der Waals surface area contributed by atoms with Gasteiger partial charge in [0.25, 0.3) is 0 Å². The van der Waals surface area contributed by atoms with Gasteiger partial charge in [-0.3, -0.25) is 0 Å². The molecule has 254 valence electrons. The van der Waals surface area contributed by atoms with E-state index in [0.717, 1.165) is 38.5 Å². The number of fused-ring (bicyclic) bond motifs is 21. The summed E-state index contributed by atoms with van der Waals surface area (Å²) in [6, 6.07) is 0. The first kappa shape index (κ1) is 37.0. The van der Waals surface area contributed by atoms with Crippen molar-refractivity contribution in [3.8, 4) is 0 Å². The molecule has 4 aliphatic rings. The summed E-state index contributed by atoms with van der Waals surface area (Å²) in [6.45, 7) is 2.64. The Morgan fingerprint density at radius 2 is 0.977 bits per heavy atom. The highest BCUT2D eigenvalue weighted by Gasteiger charge is 2.51. The van der Waals surface area contributed by atoms with Crippen molar-refractivity contribution >= 4 is 0 Å². The molecule has 43 heavy (non-hydrogen) atoms. The van der Waals surface area contributed by atoms with Crippen molar-refractivity contribution in [3.05, 3.63) is 0 Å². The molecule has 4 fully saturated rings. The molecule has 0 spiro atoms. The first-order valence-electron chi connectivity index (χ1n) is 17.1. The molecule has 11 nitrogen and oxygen atoms in total. The second kappa shape index (κ2) is 21.4. The van der Waals surface area contributed by atoms with Gasteiger partial charge in [0.15, 0.2) is 12.6 Å². The van der Waals surface area contributed by atoms with Gasteiger partial charge in [0.05, 0.1) is 13.2 Å². The van der Waals surface area contributed by atoms with Crippen molar-refractivity contribution in [2.45, 2.75) is 171 Å². The van der Waals surface area contributed by atoms with Crippen molar-refractivity contribution in [1.82, 2.24) is 0 Å². The Morgan fingerprint density at radius 1 is 0.512 bits per heavy atom. The topological polar surface area (TPSA) is 157 Å². The smallest absolute Gasteiger partial charge is 0.187 e. The summed E-state index contributed by atoms with van der Waals surface area (Å²) in [5.41, 5.74) is 0. The van der Waals surface area contributed by atoms with Gasteiger partial charge in [-0.15, -0.1) is 0 Å². The molecular weight excluding hydrogens is 560 g/mol. The third kappa shape index (κ3) is 12.4. The highest BCUT2D eigenvalue weighted by molar-refractivity contribution is 4.94. The maximum Gasteiger partial charge on any atom is 0.187 e. The van der Waals surface area contributed by atoms with Crippen LogP contribution < -0.4 is 0 Å². The quantitative estimate of drug-likeness (QED) is 0.315. The molecular formula is C32H60O11. The van der Waals surface area contributed by atoms with Gasteiger partial charge < -0.3 is 54.0 Å². The lowest BCUT2D eigenvalue weighted by Crippen LogP contribution is -2.65. The Labute approximate surface area is 258 Å². The minimum absolute atomic E-state index is 0.115. The van der Waals surface area contributed by atoms with Gasteiger partial charge in [-0.25, -0.2) is 0 Å². The van der Waals surface area contributed by atoms with E-state index in [1.807, 2.05) is 6.92 Å². The molecule has 10 unspecified atom stereocenters. The number of rotatable bonds is 4. The lowest BCUT2D eigenvalue weighted by molar-refractivity contribution is -0.369. The van der Waals surface area contributed by atoms with Crippen LogP contribution in [-0.4, -0.2) is 120 Å². The van der Waals surface area contributed by atoms with Crippen molar-refractivity contribution in [3.63, 3.8) is 0 Å². The van der Waals surface area contributed by atoms with Gasteiger partial charge in [0, 0.05) is 19.8 Å². The third-order valence-corrected chi connectivity index (χ3v) is 8.87. The molecule has 0 aromatic carbocycles. The molecule has 4 aliphatic heterocycles. The lowest BCUT2D eigenvalue weighted by Gasteiger charge is -2.46. The molecule has 0 aromatic rings. The minimum Gasteiger partial charge on any atom is -0.394 e. The molecule has 0 radical (unpaired) electrons. The summed E-state index contributed by atoms with van der Waals surface area (Å²) < 4.78 is 35.4. The number of hydrogen-bond acceptors (Lipinski definition) is 11. The van der Waals surface area contributed by atoms with E-state index in [1.165, 1.54) is 64.2 Å². The summed E-state index contributed by atoms with van der Waals surface area (Å²) in [7, 11) is 0. The van der Waals surface area contributed by atoms with Crippen LogP contribution in [0, 0.1) is 0 Å². The van der Waals surface area contributed by atoms with E-state index in [9.17, 15) is 25.5 Å². The summed E-state index contributed by atoms with van der Waals surface area (Å²) in [5.74, 6) is 0. The predicted octanol–water partition coefficient (Wildman–Crippen LogP) is 2.95. The molecule has 0 aromatic heterocycles. The van der Waals surface area contributed by atoms with Crippen molar-refractivity contribution in [1.29, 1.82) is 0 Å². The van der Waals surface area contributed by atoms with Crippen LogP contribution in [0.2, 0.25) is 0 Å². The number of aliphatic hydroxyl groups excluding tert-OH is 5. The van der Waals surface area contributed by atoms with Crippen LogP contribution in [0.25, 0.3) is 0 Å². The zero-order chi connectivity index (χ0) is 30.9. The lowest BCUT2D eigenvalue weighted by atomic mass is 9.97. The van der Waals surface area contributed by atoms with E-state index in [2.05, 4.69) is 0 Å². The van der Waals surface area contributed by atoms with E-state index in [0.29, 0.717) is 19.8 Å². The molecule has 4 rings (SSSR count). The normalized spacial score (nSPS) is 39.5. The second-order valence-corrected chi connectivity index (χ2v) is 12.4. The summed E-state index contributed by atoms with van der Waals surface area (Å²) >= 11 is 0. The first-order chi connectivity index (χ1) is 21.0. The highest BCUT2D eigenvalue weighted by Crippen LogP contribution is 2.31. The number of aliphatic hydroxyl groups is 5. The van der Waals surface area contributed by atoms with Gasteiger partial charge in [-0.05, 0) is 19.8 Å². The van der Waals surface area contributed by atoms with E-state index >= 15 is 0 Å². The van der Waals surface area contributed by atoms with E-state index in [-0.39, 0.29) is 6.61 Å². The fraction of sp³-hybridized carbons (Fsp3) is 1.00. The first-order valence-corrected chi connectivity index (χ1v) is 17.1. The molecule has 0 amide bonds. The number of ether oxygens (including phenoxy) is 6. The Bertz CT molecular complexity index is 700. The largest absolute Gasteiger partial charge is 0.394 e. The van der Waals surface area contributed by atoms with Crippen molar-refractivity contribution in [2.75, 3.05) is 33.0 Å². The summed E-state index contributed by atoms with van der Waals surface area (Å²) in [6.07, 6.45) is 6.58. The molecule has 11 heteroatoms. The summed E-state index contributed by atoms with van der Waals surface area (Å²) in [5, 5.41) is 53.2. The third-order valence-electron chi connectivity index (χ3n) is 8.87. The molecule has 4 saturated heterocycles. The van der Waals surface area contributed by atoms with Crippen LogP contribution >= 0.6 is 0 Å². The predicted molar refractivity (Wildman–Crippen MR) is 159 cm³/mol. The molecule has 4 heterocycles. The fourth-order valence-corrected chi connectivity index (χ4v) is 6.18. The summed E-state index contributed by atoms with van der Waals surface area (Å²) in [4.78, 5) is 0. The fourth-order valence-electron chi connectivity index (χ4n) is 6.18. The van der Waals surface area contributed by atoms with E-state index in [4.69, 9.17) is 28.4 Å². The van der Waals surface area contributed by atoms with Gasteiger partial charge in [0.2, 0.25) is 0 Å². The van der Waals surface area contributed by atoms with Gasteiger partial charge in [-0.1, -0.05) is 89.9 Å². The molecule has 0 aliphatic carbocycles. The van der Waals surface area contributed by atoms with Gasteiger partial charge in [0.1, 0.15) is 48.8 Å². The van der Waals surface area contributed by atoms with Gasteiger partial charge >= 0.3 is 0 Å². The average molecular weight is 621 g/mol. The molecule has 0 saturated carbocycles. The second-order valence-electron chi connectivity index (χ2n) is 12.4. The standard InChI is InChI=1S/C32H60O11/c1-2-38-22-24-29-27(36)28(37)31(42-24)43-30-26(35)25(34)23(21-33)41-32(30)40-20-18-16-14-12-10-8-6-4-3-5-7-9-11-13-15-17-19-39-29/h23-37H,2-22H2,1H3. The Kier molecular flexibility index (Phi) is 18.4. The van der Waals surface area contributed by atoms with Crippen molar-refractivity contribution < 1.29 is 54.0 Å². The van der Waals surface area contributed by atoms with Crippen molar-refractivity contribution in [2.24, 2.45) is 0 Å². The number of hydrogen-bond donors (Lipinski definition) is 5. The Hall–Kier alpha value is -0.440. The Balaban J connectivity index is 1.66. The Morgan fingerprint density at radius 3 is 1.49 bits per heavy atom. The maximum atomic E-state index is 11.1. The zero-order valence-corrected chi connectivity index (χ0v) is 26.3. The molecule has 5 N–H and O–H groups in total. The zero-order valence-electron chi connectivity index (χ0n) is 26.3. The van der Waals surface area contributed by atoms with Crippen LogP contribution in [0.1, 0.15) is 110 Å². The monoisotopic (exact) mass is 620 g/mol. The van der Waals surface area contributed by atoms with E-state index < -0.39 is 68.0 Å². The van der Waals surface area contributed by atoms with Crippen LogP contribution in [-0.2, 0) is 28.4 Å².